The number of nitrogens with one attached hydrogen (secondary N) is 1. The summed E-state index contributed by atoms with van der Waals surface area (Å²) in [5.74, 6) is 2.47. The van der Waals surface area contributed by atoms with Crippen molar-refractivity contribution in [3.8, 4) is 5.88 Å². The van der Waals surface area contributed by atoms with Crippen molar-refractivity contribution in [1.82, 2.24) is 4.98 Å². The van der Waals surface area contributed by atoms with Gasteiger partial charge in [-0.25, -0.2) is 0 Å². The molecule has 0 spiro atoms. The third-order valence-electron chi connectivity index (χ3n) is 3.06. The van der Waals surface area contributed by atoms with E-state index in [2.05, 4.69) is 10.3 Å². The summed E-state index contributed by atoms with van der Waals surface area (Å²) >= 11 is 0. The van der Waals surface area contributed by atoms with Gasteiger partial charge in [0.2, 0.25) is 5.88 Å². The number of aromatic nitrogens is 1. The van der Waals surface area contributed by atoms with Gasteiger partial charge < -0.3 is 10.1 Å². The largest absolute Gasteiger partial charge is 0.478 e. The lowest BCUT2D eigenvalue weighted by atomic mass is 10.1. The fourth-order valence-electron chi connectivity index (χ4n) is 2.20. The molecule has 1 aromatic rings. The molecule has 0 aromatic carbocycles. The van der Waals surface area contributed by atoms with Crippen LogP contribution >= 0.6 is 0 Å². The first kappa shape index (κ1) is 11.2. The van der Waals surface area contributed by atoms with E-state index in [1.54, 1.807) is 0 Å². The van der Waals surface area contributed by atoms with E-state index in [-0.39, 0.29) is 0 Å². The molecule has 0 radical (unpaired) electrons. The van der Waals surface area contributed by atoms with Gasteiger partial charge in [0, 0.05) is 12.6 Å². The van der Waals surface area contributed by atoms with Crippen molar-refractivity contribution in [2.45, 2.75) is 32.6 Å². The molecule has 1 heterocycles. The third kappa shape index (κ3) is 3.12. The molecule has 1 saturated carbocycles. The molecule has 3 nitrogen and oxygen atoms in total. The Hall–Kier alpha value is -1.25. The zero-order valence-electron chi connectivity index (χ0n) is 9.91. The molecule has 1 aliphatic rings. The van der Waals surface area contributed by atoms with Crippen molar-refractivity contribution >= 4 is 5.82 Å². The van der Waals surface area contributed by atoms with E-state index in [1.807, 2.05) is 25.1 Å². The fourth-order valence-corrected chi connectivity index (χ4v) is 2.20. The predicted octanol–water partition coefficient (Wildman–Crippen LogP) is 3.08. The van der Waals surface area contributed by atoms with Gasteiger partial charge in [0.15, 0.2) is 0 Å². The molecule has 1 N–H and O–H groups in total. The molecule has 88 valence electrons. The molecule has 0 saturated heterocycles. The average molecular weight is 220 g/mol. The van der Waals surface area contributed by atoms with Crippen molar-refractivity contribution in [3.05, 3.63) is 18.2 Å². The van der Waals surface area contributed by atoms with Gasteiger partial charge in [-0.05, 0) is 31.7 Å². The van der Waals surface area contributed by atoms with Gasteiger partial charge >= 0.3 is 0 Å². The Morgan fingerprint density at radius 2 is 2.19 bits per heavy atom. The van der Waals surface area contributed by atoms with Crippen molar-refractivity contribution in [1.29, 1.82) is 0 Å². The molecular formula is C13H20N2O. The van der Waals surface area contributed by atoms with Crippen LogP contribution in [0.5, 0.6) is 5.88 Å². The Morgan fingerprint density at radius 3 is 2.94 bits per heavy atom. The number of nitrogens with zero attached hydrogens (tertiary/aromatic N) is 1. The summed E-state index contributed by atoms with van der Waals surface area (Å²) in [7, 11) is 0. The first-order valence-electron chi connectivity index (χ1n) is 6.22. The van der Waals surface area contributed by atoms with Crippen LogP contribution in [0.25, 0.3) is 0 Å². The summed E-state index contributed by atoms with van der Waals surface area (Å²) in [5, 5.41) is 3.39. The third-order valence-corrected chi connectivity index (χ3v) is 3.06. The van der Waals surface area contributed by atoms with Crippen LogP contribution in [-0.2, 0) is 0 Å². The molecule has 1 fully saturated rings. The lowest BCUT2D eigenvalue weighted by Gasteiger charge is -2.11. The molecule has 0 bridgehead atoms. The highest BCUT2D eigenvalue weighted by atomic mass is 16.5. The smallest absolute Gasteiger partial charge is 0.215 e. The minimum Gasteiger partial charge on any atom is -0.478 e. The van der Waals surface area contributed by atoms with Crippen LogP contribution < -0.4 is 10.1 Å². The van der Waals surface area contributed by atoms with E-state index in [1.165, 1.54) is 25.7 Å². The number of hydrogen-bond acceptors (Lipinski definition) is 3. The Bertz CT molecular complexity index is 321. The molecule has 1 aliphatic carbocycles. The Morgan fingerprint density at radius 1 is 1.38 bits per heavy atom. The molecule has 2 rings (SSSR count). The van der Waals surface area contributed by atoms with Crippen molar-refractivity contribution in [2.24, 2.45) is 5.92 Å². The van der Waals surface area contributed by atoms with Crippen LogP contribution in [0.1, 0.15) is 32.6 Å². The van der Waals surface area contributed by atoms with Gasteiger partial charge in [-0.3, -0.25) is 0 Å². The van der Waals surface area contributed by atoms with Crippen LogP contribution in [0.15, 0.2) is 18.2 Å². The molecule has 0 aliphatic heterocycles. The summed E-state index contributed by atoms with van der Waals surface area (Å²) in [6.45, 7) is 3.68. The Balaban J connectivity index is 1.85. The summed E-state index contributed by atoms with van der Waals surface area (Å²) < 4.78 is 5.37. The molecule has 0 atom stereocenters. The fraction of sp³-hybridized carbons (Fsp3) is 0.615. The molecular weight excluding hydrogens is 200 g/mol. The molecule has 1 aromatic heterocycles. The molecule has 16 heavy (non-hydrogen) atoms. The number of ether oxygens (including phenoxy) is 1. The number of rotatable bonds is 5. The van der Waals surface area contributed by atoms with E-state index >= 15 is 0 Å². The van der Waals surface area contributed by atoms with Crippen molar-refractivity contribution < 1.29 is 4.74 Å². The van der Waals surface area contributed by atoms with E-state index in [0.29, 0.717) is 12.5 Å². The topological polar surface area (TPSA) is 34.1 Å². The van der Waals surface area contributed by atoms with E-state index < -0.39 is 0 Å². The van der Waals surface area contributed by atoms with Gasteiger partial charge in [-0.15, -0.1) is 0 Å². The standard InChI is InChI=1S/C13H20N2O/c1-2-16-13-9-5-8-12(15-13)14-10-11-6-3-4-7-11/h5,8-9,11H,2-4,6-7,10H2,1H3,(H,14,15). The minimum absolute atomic E-state index is 0.666. The lowest BCUT2D eigenvalue weighted by Crippen LogP contribution is -2.12. The number of pyridine rings is 1. The van der Waals surface area contributed by atoms with Crippen LogP contribution in [0, 0.1) is 5.92 Å². The highest BCUT2D eigenvalue weighted by Gasteiger charge is 2.14. The normalized spacial score (nSPS) is 16.3. The monoisotopic (exact) mass is 220 g/mol. The first-order chi connectivity index (χ1) is 7.88. The second kappa shape index (κ2) is 5.73. The summed E-state index contributed by atoms with van der Waals surface area (Å²) in [6, 6.07) is 5.87. The van der Waals surface area contributed by atoms with E-state index in [9.17, 15) is 0 Å². The summed E-state index contributed by atoms with van der Waals surface area (Å²) in [6.07, 6.45) is 5.49. The van der Waals surface area contributed by atoms with Gasteiger partial charge in [0.1, 0.15) is 5.82 Å². The molecule has 0 amide bonds. The Labute approximate surface area is 97.2 Å². The second-order valence-electron chi connectivity index (χ2n) is 4.33. The number of anilines is 1. The predicted molar refractivity (Wildman–Crippen MR) is 65.9 cm³/mol. The molecule has 0 unspecified atom stereocenters. The average Bonchev–Trinajstić information content (AvgIpc) is 2.80. The maximum Gasteiger partial charge on any atom is 0.215 e. The highest BCUT2D eigenvalue weighted by Crippen LogP contribution is 2.24. The zero-order valence-corrected chi connectivity index (χ0v) is 9.91. The summed E-state index contributed by atoms with van der Waals surface area (Å²) in [5.41, 5.74) is 0. The number of hydrogen-bond donors (Lipinski definition) is 1. The SMILES string of the molecule is CCOc1cccc(NCC2CCCC2)n1. The van der Waals surface area contributed by atoms with Gasteiger partial charge in [-0.1, -0.05) is 18.9 Å². The lowest BCUT2D eigenvalue weighted by molar-refractivity contribution is 0.327. The molecule has 3 heteroatoms. The Kier molecular flexibility index (Phi) is 4.03. The maximum absolute atomic E-state index is 5.37. The summed E-state index contributed by atoms with van der Waals surface area (Å²) in [4.78, 5) is 4.39. The van der Waals surface area contributed by atoms with Crippen LogP contribution in [0.4, 0.5) is 5.82 Å². The minimum atomic E-state index is 0.666. The quantitative estimate of drug-likeness (QED) is 0.828. The van der Waals surface area contributed by atoms with Crippen LogP contribution in [0.3, 0.4) is 0 Å². The van der Waals surface area contributed by atoms with Gasteiger partial charge in [-0.2, -0.15) is 4.98 Å². The van der Waals surface area contributed by atoms with Gasteiger partial charge in [0.05, 0.1) is 6.61 Å². The van der Waals surface area contributed by atoms with Crippen LogP contribution in [0.2, 0.25) is 0 Å². The zero-order chi connectivity index (χ0) is 11.2. The van der Waals surface area contributed by atoms with Crippen LogP contribution in [-0.4, -0.2) is 18.1 Å². The van der Waals surface area contributed by atoms with Crippen molar-refractivity contribution in [3.63, 3.8) is 0 Å². The first-order valence-corrected chi connectivity index (χ1v) is 6.22. The maximum atomic E-state index is 5.37. The van der Waals surface area contributed by atoms with E-state index in [4.69, 9.17) is 4.74 Å². The highest BCUT2D eigenvalue weighted by molar-refractivity contribution is 5.37. The van der Waals surface area contributed by atoms with E-state index in [0.717, 1.165) is 18.3 Å². The van der Waals surface area contributed by atoms with Crippen molar-refractivity contribution in [2.75, 3.05) is 18.5 Å². The van der Waals surface area contributed by atoms with Gasteiger partial charge in [0.25, 0.3) is 0 Å². The second-order valence-corrected chi connectivity index (χ2v) is 4.33.